The van der Waals surface area contributed by atoms with E-state index < -0.39 is 11.8 Å². The van der Waals surface area contributed by atoms with E-state index in [1.54, 1.807) is 24.3 Å². The third-order valence-electron chi connectivity index (χ3n) is 4.26. The van der Waals surface area contributed by atoms with Gasteiger partial charge in [-0.3, -0.25) is 20.4 Å². The lowest BCUT2D eigenvalue weighted by molar-refractivity contribution is -0.119. The fourth-order valence-electron chi connectivity index (χ4n) is 2.62. The molecular formula is C21H22N4O7S. The summed E-state index contributed by atoms with van der Waals surface area (Å²) in [6.45, 7) is 0. The van der Waals surface area contributed by atoms with Crippen molar-refractivity contribution in [3.8, 4) is 34.5 Å². The van der Waals surface area contributed by atoms with Gasteiger partial charge in [-0.25, -0.2) is 0 Å². The van der Waals surface area contributed by atoms with Gasteiger partial charge in [0.2, 0.25) is 11.8 Å². The Morgan fingerprint density at radius 2 is 1.36 bits per heavy atom. The number of benzene rings is 2. The average Bonchev–Trinajstić information content (AvgIpc) is 3.34. The summed E-state index contributed by atoms with van der Waals surface area (Å²) in [5.74, 6) is 1.22. The molecule has 174 valence electrons. The van der Waals surface area contributed by atoms with Crippen molar-refractivity contribution in [3.05, 3.63) is 42.0 Å². The monoisotopic (exact) mass is 474 g/mol. The Morgan fingerprint density at radius 3 is 1.91 bits per heavy atom. The third kappa shape index (κ3) is 6.29. The van der Waals surface area contributed by atoms with Gasteiger partial charge >= 0.3 is 0 Å². The second kappa shape index (κ2) is 11.1. The molecule has 2 amide bonds. The van der Waals surface area contributed by atoms with Crippen molar-refractivity contribution in [2.24, 2.45) is 0 Å². The maximum absolute atomic E-state index is 12.3. The minimum Gasteiger partial charge on any atom is -0.497 e. The Balaban J connectivity index is 1.55. The highest BCUT2D eigenvalue weighted by atomic mass is 32.2. The van der Waals surface area contributed by atoms with Gasteiger partial charge in [0.25, 0.3) is 11.1 Å². The summed E-state index contributed by atoms with van der Waals surface area (Å²) in [5.41, 5.74) is 5.53. The van der Waals surface area contributed by atoms with Crippen molar-refractivity contribution < 1.29 is 33.0 Å². The van der Waals surface area contributed by atoms with Crippen molar-refractivity contribution in [3.63, 3.8) is 0 Å². The van der Waals surface area contributed by atoms with E-state index in [-0.39, 0.29) is 22.4 Å². The molecule has 0 aliphatic heterocycles. The van der Waals surface area contributed by atoms with E-state index in [0.29, 0.717) is 28.6 Å². The summed E-state index contributed by atoms with van der Waals surface area (Å²) in [6.07, 6.45) is 0. The number of rotatable bonds is 9. The maximum Gasteiger partial charge on any atom is 0.277 e. The molecular weight excluding hydrogens is 452 g/mol. The van der Waals surface area contributed by atoms with E-state index in [0.717, 1.165) is 11.8 Å². The molecule has 3 rings (SSSR count). The number of nitrogens with one attached hydrogen (secondary N) is 2. The molecule has 0 aliphatic carbocycles. The van der Waals surface area contributed by atoms with Gasteiger partial charge in [-0.05, 0) is 24.3 Å². The number of carbonyl (C=O) groups excluding carboxylic acids is 2. The first-order valence-corrected chi connectivity index (χ1v) is 10.5. The van der Waals surface area contributed by atoms with Crippen molar-refractivity contribution in [2.45, 2.75) is 5.22 Å². The van der Waals surface area contributed by atoms with Crippen LogP contribution in [0.4, 0.5) is 0 Å². The van der Waals surface area contributed by atoms with E-state index in [4.69, 9.17) is 23.4 Å². The Hall–Kier alpha value is -3.93. The molecule has 0 atom stereocenters. The van der Waals surface area contributed by atoms with Crippen LogP contribution in [0, 0.1) is 0 Å². The normalized spacial score (nSPS) is 10.3. The lowest BCUT2D eigenvalue weighted by Gasteiger charge is -2.09. The van der Waals surface area contributed by atoms with Crippen LogP contribution in [0.25, 0.3) is 11.5 Å². The van der Waals surface area contributed by atoms with Gasteiger partial charge < -0.3 is 23.4 Å². The molecule has 11 nitrogen and oxygen atoms in total. The summed E-state index contributed by atoms with van der Waals surface area (Å²) < 4.78 is 26.3. The molecule has 0 fully saturated rings. The van der Waals surface area contributed by atoms with Crippen molar-refractivity contribution >= 4 is 23.6 Å². The number of hydrazine groups is 1. The van der Waals surface area contributed by atoms with Gasteiger partial charge in [0.1, 0.15) is 23.0 Å². The van der Waals surface area contributed by atoms with Gasteiger partial charge in [0.15, 0.2) is 0 Å². The number of methoxy groups -OCH3 is 4. The molecule has 0 bridgehead atoms. The van der Waals surface area contributed by atoms with Crippen LogP contribution in [-0.2, 0) is 4.79 Å². The first-order chi connectivity index (χ1) is 15.9. The number of aromatic nitrogens is 2. The molecule has 33 heavy (non-hydrogen) atoms. The summed E-state index contributed by atoms with van der Waals surface area (Å²) >= 11 is 1.02. The number of nitrogens with zero attached hydrogens (tertiary/aromatic N) is 2. The highest BCUT2D eigenvalue weighted by molar-refractivity contribution is 7.99. The summed E-state index contributed by atoms with van der Waals surface area (Å²) in [5, 5.41) is 8.10. The zero-order valence-electron chi connectivity index (χ0n) is 18.3. The smallest absolute Gasteiger partial charge is 0.277 e. The first-order valence-electron chi connectivity index (χ1n) is 9.47. The zero-order chi connectivity index (χ0) is 23.8. The molecule has 0 radical (unpaired) electrons. The molecule has 1 aromatic heterocycles. The van der Waals surface area contributed by atoms with Crippen molar-refractivity contribution in [1.29, 1.82) is 0 Å². The molecule has 0 aliphatic rings. The largest absolute Gasteiger partial charge is 0.497 e. The number of amides is 2. The second-order valence-corrected chi connectivity index (χ2v) is 7.29. The molecule has 12 heteroatoms. The van der Waals surface area contributed by atoms with Gasteiger partial charge in [0.05, 0.1) is 34.2 Å². The Kier molecular flexibility index (Phi) is 7.97. The molecule has 0 saturated heterocycles. The topological polar surface area (TPSA) is 134 Å². The van der Waals surface area contributed by atoms with Gasteiger partial charge in [0, 0.05) is 23.3 Å². The van der Waals surface area contributed by atoms with E-state index >= 15 is 0 Å². The molecule has 0 saturated carbocycles. The lowest BCUT2D eigenvalue weighted by atomic mass is 10.2. The first kappa shape index (κ1) is 23.7. The molecule has 2 N–H and O–H groups in total. The van der Waals surface area contributed by atoms with E-state index in [1.165, 1.54) is 40.6 Å². The Morgan fingerprint density at radius 1 is 0.818 bits per heavy atom. The van der Waals surface area contributed by atoms with Crippen molar-refractivity contribution in [2.75, 3.05) is 34.2 Å². The predicted molar refractivity (Wildman–Crippen MR) is 119 cm³/mol. The van der Waals surface area contributed by atoms with Crippen LogP contribution < -0.4 is 29.8 Å². The van der Waals surface area contributed by atoms with Gasteiger partial charge in [-0.1, -0.05) is 11.8 Å². The van der Waals surface area contributed by atoms with E-state index in [9.17, 15) is 9.59 Å². The SMILES string of the molecule is COc1cc(OC)cc(C(=O)NNC(=O)CSc2nnc(-c3cc(OC)cc(OC)c3)o2)c1. The quantitative estimate of drug-likeness (QED) is 0.351. The maximum atomic E-state index is 12.3. The molecule has 3 aromatic rings. The highest BCUT2D eigenvalue weighted by Gasteiger charge is 2.15. The molecule has 0 unspecified atom stereocenters. The van der Waals surface area contributed by atoms with Crippen LogP contribution in [0.5, 0.6) is 23.0 Å². The minimum absolute atomic E-state index is 0.0647. The van der Waals surface area contributed by atoms with Crippen LogP contribution in [0.1, 0.15) is 10.4 Å². The number of hydrogen-bond acceptors (Lipinski definition) is 10. The Labute approximate surface area is 193 Å². The lowest BCUT2D eigenvalue weighted by Crippen LogP contribution is -2.42. The van der Waals surface area contributed by atoms with Crippen LogP contribution in [0.3, 0.4) is 0 Å². The summed E-state index contributed by atoms with van der Waals surface area (Å²) in [6, 6.07) is 9.83. The van der Waals surface area contributed by atoms with Crippen LogP contribution >= 0.6 is 11.8 Å². The fraction of sp³-hybridized carbons (Fsp3) is 0.238. The molecule has 2 aromatic carbocycles. The number of ether oxygens (including phenoxy) is 4. The summed E-state index contributed by atoms with van der Waals surface area (Å²) in [7, 11) is 6.03. The highest BCUT2D eigenvalue weighted by Crippen LogP contribution is 2.30. The Bertz CT molecular complexity index is 1090. The van der Waals surface area contributed by atoms with Crippen LogP contribution in [-0.4, -0.2) is 56.2 Å². The number of carbonyl (C=O) groups is 2. The minimum atomic E-state index is -0.530. The predicted octanol–water partition coefficient (Wildman–Crippen LogP) is 2.32. The number of hydrogen-bond donors (Lipinski definition) is 2. The van der Waals surface area contributed by atoms with Gasteiger partial charge in [-0.2, -0.15) is 0 Å². The van der Waals surface area contributed by atoms with E-state index in [1.807, 2.05) is 0 Å². The standard InChI is InChI=1S/C21H22N4O7S/c1-28-14-5-12(6-15(9-14)29-2)19(27)23-22-18(26)11-33-21-25-24-20(32-21)13-7-16(30-3)10-17(8-13)31-4/h5-10H,11H2,1-4H3,(H,22,26)(H,23,27). The van der Waals surface area contributed by atoms with E-state index in [2.05, 4.69) is 21.0 Å². The van der Waals surface area contributed by atoms with Gasteiger partial charge in [-0.15, -0.1) is 10.2 Å². The molecule has 1 heterocycles. The van der Waals surface area contributed by atoms with Crippen LogP contribution in [0.2, 0.25) is 0 Å². The van der Waals surface area contributed by atoms with Crippen LogP contribution in [0.15, 0.2) is 46.0 Å². The number of thioether (sulfide) groups is 1. The van der Waals surface area contributed by atoms with Crippen molar-refractivity contribution in [1.82, 2.24) is 21.0 Å². The average molecular weight is 474 g/mol. The third-order valence-corrected chi connectivity index (χ3v) is 5.08. The zero-order valence-corrected chi connectivity index (χ0v) is 19.1. The summed E-state index contributed by atoms with van der Waals surface area (Å²) in [4.78, 5) is 24.4. The fourth-order valence-corrected chi connectivity index (χ4v) is 3.18. The second-order valence-electron chi connectivity index (χ2n) is 6.37. The molecule has 0 spiro atoms.